The summed E-state index contributed by atoms with van der Waals surface area (Å²) in [5.74, 6) is -1.82. The Labute approximate surface area is 157 Å². The quantitative estimate of drug-likeness (QED) is 0.648. The van der Waals surface area contributed by atoms with E-state index in [1.54, 1.807) is 18.2 Å². The van der Waals surface area contributed by atoms with E-state index >= 15 is 0 Å². The Bertz CT molecular complexity index is 967. The van der Waals surface area contributed by atoms with Gasteiger partial charge in [-0.15, -0.1) is 0 Å². The van der Waals surface area contributed by atoms with E-state index in [2.05, 4.69) is 20.6 Å². The van der Waals surface area contributed by atoms with Crippen molar-refractivity contribution in [2.24, 2.45) is 0 Å². The molecule has 5 nitrogen and oxygen atoms in total. The largest absolute Gasteiger partial charge is 0.337 e. The van der Waals surface area contributed by atoms with Crippen molar-refractivity contribution in [1.82, 2.24) is 9.97 Å². The summed E-state index contributed by atoms with van der Waals surface area (Å²) in [6.07, 6.45) is 2.45. The lowest BCUT2D eigenvalue weighted by atomic mass is 10.3. The van der Waals surface area contributed by atoms with Crippen molar-refractivity contribution in [3.63, 3.8) is 0 Å². The Morgan fingerprint density at radius 3 is 2.50 bits per heavy atom. The fourth-order valence-corrected chi connectivity index (χ4v) is 2.37. The van der Waals surface area contributed by atoms with Crippen LogP contribution in [-0.2, 0) is 0 Å². The molecule has 26 heavy (non-hydrogen) atoms. The second kappa shape index (κ2) is 7.63. The van der Waals surface area contributed by atoms with Crippen molar-refractivity contribution in [3.8, 4) is 0 Å². The van der Waals surface area contributed by atoms with Gasteiger partial charge < -0.3 is 10.6 Å². The number of nitrogens with one attached hydrogen (secondary N) is 2. The van der Waals surface area contributed by atoms with E-state index in [0.717, 1.165) is 12.1 Å². The molecule has 0 atom stereocenters. The molecule has 2 N–H and O–H groups in total. The molecule has 0 aliphatic carbocycles. The molecule has 3 aromatic rings. The van der Waals surface area contributed by atoms with Gasteiger partial charge in [0.25, 0.3) is 5.91 Å². The van der Waals surface area contributed by atoms with Crippen LogP contribution in [0.25, 0.3) is 0 Å². The number of halogens is 4. The van der Waals surface area contributed by atoms with Gasteiger partial charge in [-0.3, -0.25) is 4.79 Å². The fraction of sp³-hybridized carbons (Fsp3) is 0. The molecule has 0 saturated carbocycles. The third-order valence-corrected chi connectivity index (χ3v) is 4.10. The van der Waals surface area contributed by atoms with Gasteiger partial charge in [-0.1, -0.05) is 29.3 Å². The standard InChI is InChI=1S/C17H10Cl2F2N4O/c18-10-2-1-3-13(16(10)19)25-17(26)14-7-23-15(8-22-14)24-12-5-4-9(20)6-11(12)21/h1-8H,(H,23,24)(H,25,26). The van der Waals surface area contributed by atoms with Crippen LogP contribution in [0.1, 0.15) is 10.5 Å². The van der Waals surface area contributed by atoms with E-state index < -0.39 is 17.5 Å². The minimum absolute atomic E-state index is 0.0196. The number of nitrogens with zero attached hydrogens (tertiary/aromatic N) is 2. The molecule has 2 aromatic carbocycles. The van der Waals surface area contributed by atoms with Crippen LogP contribution >= 0.6 is 23.2 Å². The summed E-state index contributed by atoms with van der Waals surface area (Å²) in [5, 5.41) is 5.73. The van der Waals surface area contributed by atoms with E-state index in [1.807, 2.05) is 0 Å². The first-order valence-electron chi connectivity index (χ1n) is 7.23. The molecule has 0 bridgehead atoms. The van der Waals surface area contributed by atoms with E-state index in [-0.39, 0.29) is 22.2 Å². The predicted octanol–water partition coefficient (Wildman–Crippen LogP) is 5.06. The molecule has 0 saturated heterocycles. The third-order valence-electron chi connectivity index (χ3n) is 3.28. The maximum Gasteiger partial charge on any atom is 0.275 e. The number of carbonyl (C=O) groups excluding carboxylic acids is 1. The van der Waals surface area contributed by atoms with Crippen molar-refractivity contribution in [3.05, 3.63) is 76.2 Å². The first-order valence-corrected chi connectivity index (χ1v) is 7.99. The number of carbonyl (C=O) groups is 1. The second-order valence-corrected chi connectivity index (χ2v) is 5.88. The van der Waals surface area contributed by atoms with Crippen LogP contribution in [-0.4, -0.2) is 15.9 Å². The van der Waals surface area contributed by atoms with E-state index in [0.29, 0.717) is 10.7 Å². The summed E-state index contributed by atoms with van der Waals surface area (Å²) >= 11 is 11.9. The van der Waals surface area contributed by atoms with Gasteiger partial charge in [-0.2, -0.15) is 0 Å². The molecule has 1 heterocycles. The van der Waals surface area contributed by atoms with Crippen molar-refractivity contribution in [2.75, 3.05) is 10.6 Å². The van der Waals surface area contributed by atoms with Crippen molar-refractivity contribution in [2.45, 2.75) is 0 Å². The zero-order chi connectivity index (χ0) is 18.7. The normalized spacial score (nSPS) is 10.5. The van der Waals surface area contributed by atoms with E-state index in [1.165, 1.54) is 18.5 Å². The number of rotatable bonds is 4. The van der Waals surface area contributed by atoms with Crippen LogP contribution in [0.5, 0.6) is 0 Å². The van der Waals surface area contributed by atoms with Gasteiger partial charge in [-0.25, -0.2) is 18.7 Å². The van der Waals surface area contributed by atoms with Gasteiger partial charge >= 0.3 is 0 Å². The number of anilines is 3. The molecule has 0 spiro atoms. The Morgan fingerprint density at radius 2 is 1.81 bits per heavy atom. The van der Waals surface area contributed by atoms with Gasteiger partial charge in [-0.05, 0) is 24.3 Å². The van der Waals surface area contributed by atoms with Crippen LogP contribution in [0.4, 0.5) is 26.0 Å². The zero-order valence-corrected chi connectivity index (χ0v) is 14.4. The number of hydrogen-bond donors (Lipinski definition) is 2. The Morgan fingerprint density at radius 1 is 1.00 bits per heavy atom. The summed E-state index contributed by atoms with van der Waals surface area (Å²) < 4.78 is 26.5. The number of aromatic nitrogens is 2. The monoisotopic (exact) mass is 394 g/mol. The molecule has 0 unspecified atom stereocenters. The van der Waals surface area contributed by atoms with Crippen LogP contribution in [0.15, 0.2) is 48.8 Å². The highest BCUT2D eigenvalue weighted by Gasteiger charge is 2.12. The smallest absolute Gasteiger partial charge is 0.275 e. The van der Waals surface area contributed by atoms with E-state index in [4.69, 9.17) is 23.2 Å². The lowest BCUT2D eigenvalue weighted by Crippen LogP contribution is -2.14. The molecular weight excluding hydrogens is 385 g/mol. The molecule has 1 aromatic heterocycles. The lowest BCUT2D eigenvalue weighted by Gasteiger charge is -2.09. The average Bonchev–Trinajstić information content (AvgIpc) is 2.62. The molecular formula is C17H10Cl2F2N4O. The summed E-state index contributed by atoms with van der Waals surface area (Å²) in [6.45, 7) is 0. The highest BCUT2D eigenvalue weighted by Crippen LogP contribution is 2.29. The van der Waals surface area contributed by atoms with E-state index in [9.17, 15) is 13.6 Å². The van der Waals surface area contributed by atoms with Crippen LogP contribution < -0.4 is 10.6 Å². The minimum Gasteiger partial charge on any atom is -0.337 e. The van der Waals surface area contributed by atoms with Crippen LogP contribution in [0.2, 0.25) is 10.0 Å². The molecule has 1 amide bonds. The SMILES string of the molecule is O=C(Nc1cccc(Cl)c1Cl)c1cnc(Nc2ccc(F)cc2F)cn1. The Kier molecular flexibility index (Phi) is 5.29. The summed E-state index contributed by atoms with van der Waals surface area (Å²) in [6, 6.07) is 7.90. The molecule has 3 rings (SSSR count). The van der Waals surface area contributed by atoms with Gasteiger partial charge in [0.2, 0.25) is 0 Å². The summed E-state index contributed by atoms with van der Waals surface area (Å²) in [7, 11) is 0. The zero-order valence-electron chi connectivity index (χ0n) is 12.9. The maximum atomic E-state index is 13.6. The minimum atomic E-state index is -0.774. The summed E-state index contributed by atoms with van der Waals surface area (Å²) in [5.41, 5.74) is 0.385. The molecule has 0 fully saturated rings. The first-order chi connectivity index (χ1) is 12.4. The molecule has 9 heteroatoms. The fourth-order valence-electron chi connectivity index (χ4n) is 2.03. The molecule has 0 aliphatic heterocycles. The number of hydrogen-bond acceptors (Lipinski definition) is 4. The van der Waals surface area contributed by atoms with Crippen molar-refractivity contribution >= 4 is 46.3 Å². The van der Waals surface area contributed by atoms with Crippen LogP contribution in [0, 0.1) is 11.6 Å². The lowest BCUT2D eigenvalue weighted by molar-refractivity contribution is 0.102. The molecule has 132 valence electrons. The predicted molar refractivity (Wildman–Crippen MR) is 96.1 cm³/mol. The highest BCUT2D eigenvalue weighted by molar-refractivity contribution is 6.44. The van der Waals surface area contributed by atoms with Gasteiger partial charge in [0, 0.05) is 6.07 Å². The summed E-state index contributed by atoms with van der Waals surface area (Å²) in [4.78, 5) is 20.1. The second-order valence-electron chi connectivity index (χ2n) is 5.09. The Hall–Kier alpha value is -2.77. The topological polar surface area (TPSA) is 66.9 Å². The van der Waals surface area contributed by atoms with Crippen molar-refractivity contribution in [1.29, 1.82) is 0 Å². The van der Waals surface area contributed by atoms with Crippen molar-refractivity contribution < 1.29 is 13.6 Å². The average molecular weight is 395 g/mol. The van der Waals surface area contributed by atoms with Gasteiger partial charge in [0.05, 0.1) is 33.8 Å². The molecule has 0 aliphatic rings. The number of benzene rings is 2. The van der Waals surface area contributed by atoms with Gasteiger partial charge in [0.1, 0.15) is 23.1 Å². The number of amides is 1. The maximum absolute atomic E-state index is 13.6. The highest BCUT2D eigenvalue weighted by atomic mass is 35.5. The molecule has 0 radical (unpaired) electrons. The van der Waals surface area contributed by atoms with Crippen LogP contribution in [0.3, 0.4) is 0 Å². The van der Waals surface area contributed by atoms with Gasteiger partial charge in [0.15, 0.2) is 0 Å². The third kappa shape index (κ3) is 4.07. The first kappa shape index (κ1) is 18.0. The Balaban J connectivity index is 1.72.